The van der Waals surface area contributed by atoms with Gasteiger partial charge in [0.1, 0.15) is 0 Å². The molecule has 2 aromatic heterocycles. The molecular formula is C15H12INS. The third kappa shape index (κ3) is 2.17. The van der Waals surface area contributed by atoms with Crippen molar-refractivity contribution in [1.29, 1.82) is 0 Å². The summed E-state index contributed by atoms with van der Waals surface area (Å²) in [5, 5.41) is 1.29. The van der Waals surface area contributed by atoms with Crippen molar-refractivity contribution in [2.75, 3.05) is 0 Å². The summed E-state index contributed by atoms with van der Waals surface area (Å²) in [6, 6.07) is 10.9. The number of rotatable bonds is 1. The largest absolute Gasteiger partial charge is 0.255 e. The Morgan fingerprint density at radius 2 is 1.78 bits per heavy atom. The lowest BCUT2D eigenvalue weighted by molar-refractivity contribution is 1.33. The fourth-order valence-corrected chi connectivity index (χ4v) is 4.14. The van der Waals surface area contributed by atoms with Gasteiger partial charge in [0.05, 0.1) is 13.3 Å². The highest BCUT2D eigenvalue weighted by Crippen LogP contribution is 2.34. The standard InChI is InChI=1S/C15H12INS/c1-9-5-10(2)7-12(6-9)14-15-11(3-4-17-14)8-13(16)18-15/h3-8H,1-2H3. The molecule has 0 unspecified atom stereocenters. The van der Waals surface area contributed by atoms with Gasteiger partial charge in [0.2, 0.25) is 0 Å². The maximum absolute atomic E-state index is 4.58. The van der Waals surface area contributed by atoms with Crippen molar-refractivity contribution in [3.8, 4) is 11.3 Å². The van der Waals surface area contributed by atoms with Gasteiger partial charge in [0.25, 0.3) is 0 Å². The zero-order chi connectivity index (χ0) is 12.7. The Morgan fingerprint density at radius 3 is 2.50 bits per heavy atom. The van der Waals surface area contributed by atoms with E-state index in [1.165, 1.54) is 29.7 Å². The maximum Gasteiger partial charge on any atom is 0.0880 e. The normalized spacial score (nSPS) is 11.1. The number of hydrogen-bond donors (Lipinski definition) is 0. The van der Waals surface area contributed by atoms with Gasteiger partial charge in [-0.25, -0.2) is 0 Å². The number of fused-ring (bicyclic) bond motifs is 1. The Balaban J connectivity index is 2.30. The Bertz CT molecular complexity index is 710. The van der Waals surface area contributed by atoms with Crippen LogP contribution in [0.3, 0.4) is 0 Å². The first-order valence-electron chi connectivity index (χ1n) is 5.76. The molecule has 0 spiro atoms. The molecule has 1 aromatic carbocycles. The number of pyridine rings is 1. The minimum Gasteiger partial charge on any atom is -0.255 e. The van der Waals surface area contributed by atoms with E-state index in [-0.39, 0.29) is 0 Å². The van der Waals surface area contributed by atoms with Gasteiger partial charge in [-0.2, -0.15) is 0 Å². The van der Waals surface area contributed by atoms with Crippen molar-refractivity contribution in [3.63, 3.8) is 0 Å². The molecule has 0 N–H and O–H groups in total. The van der Waals surface area contributed by atoms with Crippen LogP contribution in [0.2, 0.25) is 0 Å². The molecule has 0 aliphatic carbocycles. The molecule has 0 fully saturated rings. The van der Waals surface area contributed by atoms with Crippen molar-refractivity contribution in [2.45, 2.75) is 13.8 Å². The van der Waals surface area contributed by atoms with Gasteiger partial charge in [-0.3, -0.25) is 4.98 Å². The Kier molecular flexibility index (Phi) is 3.11. The van der Waals surface area contributed by atoms with Crippen LogP contribution in [-0.2, 0) is 0 Å². The van der Waals surface area contributed by atoms with E-state index < -0.39 is 0 Å². The molecule has 18 heavy (non-hydrogen) atoms. The maximum atomic E-state index is 4.58. The van der Waals surface area contributed by atoms with Crippen molar-refractivity contribution in [2.24, 2.45) is 0 Å². The van der Waals surface area contributed by atoms with E-state index in [4.69, 9.17) is 0 Å². The summed E-state index contributed by atoms with van der Waals surface area (Å²) in [6.45, 7) is 4.27. The lowest BCUT2D eigenvalue weighted by Crippen LogP contribution is -1.86. The Labute approximate surface area is 124 Å². The van der Waals surface area contributed by atoms with Crippen LogP contribution in [0.25, 0.3) is 21.3 Å². The van der Waals surface area contributed by atoms with Gasteiger partial charge in [-0.1, -0.05) is 17.2 Å². The molecule has 0 amide bonds. The van der Waals surface area contributed by atoms with E-state index in [1.807, 2.05) is 17.5 Å². The lowest BCUT2D eigenvalue weighted by Gasteiger charge is -2.05. The number of nitrogens with zero attached hydrogens (tertiary/aromatic N) is 1. The van der Waals surface area contributed by atoms with Crippen molar-refractivity contribution < 1.29 is 0 Å². The van der Waals surface area contributed by atoms with Crippen LogP contribution in [0.1, 0.15) is 11.1 Å². The number of aryl methyl sites for hydroxylation is 2. The first-order chi connectivity index (χ1) is 8.63. The van der Waals surface area contributed by atoms with Crippen LogP contribution in [0.15, 0.2) is 36.5 Å². The summed E-state index contributed by atoms with van der Waals surface area (Å²) in [4.78, 5) is 4.58. The first-order valence-corrected chi connectivity index (χ1v) is 7.66. The highest BCUT2D eigenvalue weighted by molar-refractivity contribution is 14.1. The zero-order valence-electron chi connectivity index (χ0n) is 10.2. The Morgan fingerprint density at radius 1 is 1.06 bits per heavy atom. The lowest BCUT2D eigenvalue weighted by atomic mass is 10.0. The molecule has 0 atom stereocenters. The third-order valence-corrected chi connectivity index (χ3v) is 4.82. The minimum absolute atomic E-state index is 1.10. The average Bonchev–Trinajstić information content (AvgIpc) is 2.67. The molecule has 0 saturated heterocycles. The van der Waals surface area contributed by atoms with Crippen LogP contribution in [-0.4, -0.2) is 4.98 Å². The van der Waals surface area contributed by atoms with E-state index in [1.54, 1.807) is 0 Å². The third-order valence-electron chi connectivity index (χ3n) is 2.90. The second-order valence-electron chi connectivity index (χ2n) is 4.50. The topological polar surface area (TPSA) is 12.9 Å². The predicted molar refractivity (Wildman–Crippen MR) is 87.2 cm³/mol. The van der Waals surface area contributed by atoms with Crippen LogP contribution >= 0.6 is 33.9 Å². The second-order valence-corrected chi connectivity index (χ2v) is 7.45. The van der Waals surface area contributed by atoms with E-state index in [0.717, 1.165) is 5.69 Å². The summed E-state index contributed by atoms with van der Waals surface area (Å²) < 4.78 is 2.59. The molecule has 3 heteroatoms. The van der Waals surface area contributed by atoms with Crippen LogP contribution in [0, 0.1) is 16.7 Å². The zero-order valence-corrected chi connectivity index (χ0v) is 13.2. The van der Waals surface area contributed by atoms with Crippen molar-refractivity contribution in [1.82, 2.24) is 4.98 Å². The molecular weight excluding hydrogens is 353 g/mol. The quantitative estimate of drug-likeness (QED) is 0.541. The smallest absolute Gasteiger partial charge is 0.0880 e. The fourth-order valence-electron chi connectivity index (χ4n) is 2.25. The average molecular weight is 365 g/mol. The highest BCUT2D eigenvalue weighted by atomic mass is 127. The SMILES string of the molecule is Cc1cc(C)cc(-c2nccc3cc(I)sc23)c1. The highest BCUT2D eigenvalue weighted by Gasteiger charge is 2.09. The summed E-state index contributed by atoms with van der Waals surface area (Å²) >= 11 is 4.18. The summed E-state index contributed by atoms with van der Waals surface area (Å²) in [5.74, 6) is 0. The molecule has 1 nitrogen and oxygen atoms in total. The number of aromatic nitrogens is 1. The van der Waals surface area contributed by atoms with Gasteiger partial charge in [-0.15, -0.1) is 11.3 Å². The van der Waals surface area contributed by atoms with Gasteiger partial charge in [0, 0.05) is 11.8 Å². The molecule has 2 heterocycles. The number of benzene rings is 1. The molecule has 0 saturated carbocycles. The van der Waals surface area contributed by atoms with Crippen molar-refractivity contribution in [3.05, 3.63) is 50.5 Å². The monoisotopic (exact) mass is 365 g/mol. The van der Waals surface area contributed by atoms with Gasteiger partial charge in [-0.05, 0) is 66.1 Å². The molecule has 0 radical (unpaired) electrons. The summed E-state index contributed by atoms with van der Waals surface area (Å²) in [6.07, 6.45) is 1.90. The molecule has 90 valence electrons. The summed E-state index contributed by atoms with van der Waals surface area (Å²) in [7, 11) is 0. The molecule has 0 aliphatic rings. The van der Waals surface area contributed by atoms with E-state index in [0.29, 0.717) is 0 Å². The van der Waals surface area contributed by atoms with Crippen LogP contribution < -0.4 is 0 Å². The predicted octanol–water partition coefficient (Wildman–Crippen LogP) is 5.18. The molecule has 3 rings (SSSR count). The van der Waals surface area contributed by atoms with Gasteiger partial charge >= 0.3 is 0 Å². The van der Waals surface area contributed by atoms with Crippen LogP contribution in [0.5, 0.6) is 0 Å². The summed E-state index contributed by atoms with van der Waals surface area (Å²) in [5.41, 5.74) is 4.90. The number of halogens is 1. The van der Waals surface area contributed by atoms with E-state index >= 15 is 0 Å². The second kappa shape index (κ2) is 4.63. The van der Waals surface area contributed by atoms with Gasteiger partial charge < -0.3 is 0 Å². The number of hydrogen-bond acceptors (Lipinski definition) is 2. The van der Waals surface area contributed by atoms with E-state index in [9.17, 15) is 0 Å². The number of thiophene rings is 1. The first kappa shape index (κ1) is 12.1. The fraction of sp³-hybridized carbons (Fsp3) is 0.133. The molecule has 3 aromatic rings. The van der Waals surface area contributed by atoms with Crippen molar-refractivity contribution >= 4 is 44.0 Å². The minimum atomic E-state index is 1.10. The molecule has 0 bridgehead atoms. The Hall–Kier alpha value is -0.940. The van der Waals surface area contributed by atoms with Gasteiger partial charge in [0.15, 0.2) is 0 Å². The molecule has 0 aliphatic heterocycles. The van der Waals surface area contributed by atoms with Crippen LogP contribution in [0.4, 0.5) is 0 Å². The van der Waals surface area contributed by atoms with E-state index in [2.05, 4.69) is 71.8 Å².